The van der Waals surface area contributed by atoms with Gasteiger partial charge >= 0.3 is 0 Å². The molecule has 0 aromatic rings. The van der Waals surface area contributed by atoms with Gasteiger partial charge in [0.1, 0.15) is 0 Å². The fraction of sp³-hybridized carbons (Fsp3) is 0.900. The highest BCUT2D eigenvalue weighted by molar-refractivity contribution is 5.78. The Labute approximate surface area is 84.9 Å². The molecule has 0 aromatic carbocycles. The van der Waals surface area contributed by atoms with E-state index in [1.54, 1.807) is 0 Å². The molecule has 0 aliphatic heterocycles. The maximum absolute atomic E-state index is 11.5. The summed E-state index contributed by atoms with van der Waals surface area (Å²) in [6.07, 6.45) is 3.07. The van der Waals surface area contributed by atoms with Crippen LogP contribution >= 0.6 is 0 Å². The quantitative estimate of drug-likeness (QED) is 0.600. The third-order valence-corrected chi connectivity index (χ3v) is 3.02. The van der Waals surface area contributed by atoms with Crippen LogP contribution in [-0.4, -0.2) is 29.7 Å². The molecule has 1 fully saturated rings. The third kappa shape index (κ3) is 2.69. The number of aliphatic hydroxyl groups excluding tert-OH is 1. The predicted molar refractivity (Wildman–Crippen MR) is 54.6 cm³/mol. The first kappa shape index (κ1) is 11.5. The summed E-state index contributed by atoms with van der Waals surface area (Å²) in [5.74, 6) is 0.227. The highest BCUT2D eigenvalue weighted by atomic mass is 16.3. The molecule has 0 spiro atoms. The summed E-state index contributed by atoms with van der Waals surface area (Å²) >= 11 is 0. The van der Waals surface area contributed by atoms with Gasteiger partial charge in [-0.3, -0.25) is 4.79 Å². The van der Waals surface area contributed by atoms with Crippen molar-refractivity contribution in [2.75, 3.05) is 13.2 Å². The number of carbonyl (C=O) groups is 1. The Balaban J connectivity index is 2.39. The maximum atomic E-state index is 11.5. The van der Waals surface area contributed by atoms with Gasteiger partial charge in [0.15, 0.2) is 0 Å². The summed E-state index contributed by atoms with van der Waals surface area (Å²) in [5, 5.41) is 11.9. The van der Waals surface area contributed by atoms with Crippen molar-refractivity contribution >= 4 is 5.91 Å². The molecule has 1 amide bonds. The second-order valence-corrected chi connectivity index (χ2v) is 4.19. The minimum absolute atomic E-state index is 0.0229. The lowest BCUT2D eigenvalue weighted by Crippen LogP contribution is -2.48. The Bertz CT molecular complexity index is 198. The lowest BCUT2D eigenvalue weighted by molar-refractivity contribution is -0.126. The molecule has 0 atom stereocenters. The number of hydrogen-bond acceptors (Lipinski definition) is 3. The van der Waals surface area contributed by atoms with Crippen molar-refractivity contribution in [2.45, 2.75) is 38.1 Å². The highest BCUT2D eigenvalue weighted by Crippen LogP contribution is 2.30. The zero-order valence-electron chi connectivity index (χ0n) is 8.75. The number of hydrogen-bond donors (Lipinski definition) is 3. The molecule has 0 unspecified atom stereocenters. The SMILES string of the molecule is CCNC(=O)C1CCC(N)(CO)CC1. The van der Waals surface area contributed by atoms with Crippen LogP contribution in [0, 0.1) is 5.92 Å². The summed E-state index contributed by atoms with van der Waals surface area (Å²) in [6, 6.07) is 0. The molecule has 1 aliphatic carbocycles. The zero-order valence-corrected chi connectivity index (χ0v) is 8.75. The van der Waals surface area contributed by atoms with Crippen LogP contribution in [0.2, 0.25) is 0 Å². The normalized spacial score (nSPS) is 32.6. The Morgan fingerprint density at radius 1 is 1.57 bits per heavy atom. The van der Waals surface area contributed by atoms with E-state index in [1.165, 1.54) is 0 Å². The number of nitrogens with one attached hydrogen (secondary N) is 1. The second-order valence-electron chi connectivity index (χ2n) is 4.19. The average Bonchev–Trinajstić information content (AvgIpc) is 2.19. The van der Waals surface area contributed by atoms with E-state index in [9.17, 15) is 4.79 Å². The van der Waals surface area contributed by atoms with Crippen molar-refractivity contribution in [3.63, 3.8) is 0 Å². The Morgan fingerprint density at radius 2 is 2.14 bits per heavy atom. The summed E-state index contributed by atoms with van der Waals surface area (Å²) in [5.41, 5.74) is 5.47. The lowest BCUT2D eigenvalue weighted by Gasteiger charge is -2.34. The van der Waals surface area contributed by atoms with Crippen molar-refractivity contribution in [1.29, 1.82) is 0 Å². The predicted octanol–water partition coefficient (Wildman–Crippen LogP) is 0.00250. The molecule has 82 valence electrons. The number of aliphatic hydroxyl groups is 1. The molecule has 4 heteroatoms. The van der Waals surface area contributed by atoms with Crippen LogP contribution in [0.4, 0.5) is 0 Å². The summed E-state index contributed by atoms with van der Waals surface area (Å²) in [4.78, 5) is 11.5. The Morgan fingerprint density at radius 3 is 2.57 bits per heavy atom. The molecule has 4 N–H and O–H groups in total. The van der Waals surface area contributed by atoms with Crippen LogP contribution in [-0.2, 0) is 4.79 Å². The average molecular weight is 200 g/mol. The molecular formula is C10H20N2O2. The van der Waals surface area contributed by atoms with E-state index in [0.29, 0.717) is 6.54 Å². The maximum Gasteiger partial charge on any atom is 0.223 e. The first-order chi connectivity index (χ1) is 6.61. The largest absolute Gasteiger partial charge is 0.394 e. The van der Waals surface area contributed by atoms with Gasteiger partial charge in [-0.05, 0) is 32.6 Å². The third-order valence-electron chi connectivity index (χ3n) is 3.02. The van der Waals surface area contributed by atoms with Gasteiger partial charge < -0.3 is 16.2 Å². The molecule has 1 saturated carbocycles. The summed E-state index contributed by atoms with van der Waals surface area (Å²) < 4.78 is 0. The van der Waals surface area contributed by atoms with Gasteiger partial charge in [0, 0.05) is 18.0 Å². The van der Waals surface area contributed by atoms with Crippen molar-refractivity contribution in [3.8, 4) is 0 Å². The fourth-order valence-electron chi connectivity index (χ4n) is 1.93. The van der Waals surface area contributed by atoms with Crippen molar-refractivity contribution in [3.05, 3.63) is 0 Å². The standard InChI is InChI=1S/C10H20N2O2/c1-2-12-9(14)8-3-5-10(11,7-13)6-4-8/h8,13H,2-7,11H2,1H3,(H,12,14). The molecule has 0 saturated heterocycles. The second kappa shape index (κ2) is 4.75. The molecule has 0 bridgehead atoms. The van der Waals surface area contributed by atoms with E-state index in [4.69, 9.17) is 10.8 Å². The van der Waals surface area contributed by atoms with E-state index >= 15 is 0 Å². The first-order valence-electron chi connectivity index (χ1n) is 5.29. The molecule has 4 nitrogen and oxygen atoms in total. The molecular weight excluding hydrogens is 180 g/mol. The van der Waals surface area contributed by atoms with E-state index < -0.39 is 5.54 Å². The van der Waals surface area contributed by atoms with Gasteiger partial charge in [-0.2, -0.15) is 0 Å². The summed E-state index contributed by atoms with van der Waals surface area (Å²) in [7, 11) is 0. The number of carbonyl (C=O) groups excluding carboxylic acids is 1. The Kier molecular flexibility index (Phi) is 3.89. The lowest BCUT2D eigenvalue weighted by atomic mass is 9.77. The number of nitrogens with two attached hydrogens (primary N) is 1. The van der Waals surface area contributed by atoms with Crippen molar-refractivity contribution < 1.29 is 9.90 Å². The van der Waals surface area contributed by atoms with Gasteiger partial charge in [0.2, 0.25) is 5.91 Å². The van der Waals surface area contributed by atoms with Crippen LogP contribution in [0.5, 0.6) is 0 Å². The van der Waals surface area contributed by atoms with Crippen molar-refractivity contribution in [2.24, 2.45) is 11.7 Å². The summed E-state index contributed by atoms with van der Waals surface area (Å²) in [6.45, 7) is 2.62. The zero-order chi connectivity index (χ0) is 10.6. The minimum Gasteiger partial charge on any atom is -0.394 e. The van der Waals surface area contributed by atoms with Crippen LogP contribution in [0.25, 0.3) is 0 Å². The van der Waals surface area contributed by atoms with Crippen LogP contribution in [0.15, 0.2) is 0 Å². The van der Waals surface area contributed by atoms with E-state index in [2.05, 4.69) is 5.32 Å². The van der Waals surface area contributed by atoms with E-state index in [1.807, 2.05) is 6.92 Å². The molecule has 14 heavy (non-hydrogen) atoms. The van der Waals surface area contributed by atoms with Crippen molar-refractivity contribution in [1.82, 2.24) is 5.32 Å². The van der Waals surface area contributed by atoms with Crippen LogP contribution in [0.1, 0.15) is 32.6 Å². The Hall–Kier alpha value is -0.610. The minimum atomic E-state index is -0.441. The molecule has 1 aliphatic rings. The van der Waals surface area contributed by atoms with Crippen LogP contribution in [0.3, 0.4) is 0 Å². The van der Waals surface area contributed by atoms with E-state index in [0.717, 1.165) is 25.7 Å². The molecule has 0 aromatic heterocycles. The monoisotopic (exact) mass is 200 g/mol. The highest BCUT2D eigenvalue weighted by Gasteiger charge is 2.33. The van der Waals surface area contributed by atoms with Gasteiger partial charge in [-0.15, -0.1) is 0 Å². The molecule has 1 rings (SSSR count). The molecule has 0 heterocycles. The first-order valence-corrected chi connectivity index (χ1v) is 5.29. The van der Waals surface area contributed by atoms with E-state index in [-0.39, 0.29) is 18.4 Å². The van der Waals surface area contributed by atoms with Gasteiger partial charge in [0.25, 0.3) is 0 Å². The number of rotatable bonds is 3. The van der Waals surface area contributed by atoms with Crippen LogP contribution < -0.4 is 11.1 Å². The topological polar surface area (TPSA) is 75.4 Å². The smallest absolute Gasteiger partial charge is 0.223 e. The fourth-order valence-corrected chi connectivity index (χ4v) is 1.93. The molecule has 0 radical (unpaired) electrons. The number of amides is 1. The van der Waals surface area contributed by atoms with Gasteiger partial charge in [-0.1, -0.05) is 0 Å². The van der Waals surface area contributed by atoms with Gasteiger partial charge in [0.05, 0.1) is 6.61 Å². The van der Waals surface area contributed by atoms with Gasteiger partial charge in [-0.25, -0.2) is 0 Å².